The second kappa shape index (κ2) is 5.74. The minimum absolute atomic E-state index is 0.0478. The third-order valence-electron chi connectivity index (χ3n) is 2.67. The van der Waals surface area contributed by atoms with Crippen molar-refractivity contribution in [2.24, 2.45) is 5.92 Å². The smallest absolute Gasteiger partial charge is 0.236 e. The molecule has 4 nitrogen and oxygen atoms in total. The normalized spacial score (nSPS) is 24.1. The Morgan fingerprint density at radius 3 is 2.87 bits per heavy atom. The predicted octanol–water partition coefficient (Wildman–Crippen LogP) is -0.561. The summed E-state index contributed by atoms with van der Waals surface area (Å²) in [5.41, 5.74) is 0. The molecule has 0 spiro atoms. The molecule has 1 saturated carbocycles. The first kappa shape index (κ1) is 12.0. The number of aliphatic hydroxyl groups excluding tert-OH is 1. The summed E-state index contributed by atoms with van der Waals surface area (Å²) in [6.07, 6.45) is 6.53. The van der Waals surface area contributed by atoms with E-state index in [1.54, 1.807) is 11.9 Å². The van der Waals surface area contributed by atoms with Crippen molar-refractivity contribution < 1.29 is 9.90 Å². The second-order valence-corrected chi connectivity index (χ2v) is 4.07. The molecule has 0 radical (unpaired) electrons. The Hall–Kier alpha value is -1.05. The van der Waals surface area contributed by atoms with Crippen molar-refractivity contribution in [1.82, 2.24) is 10.2 Å². The molecule has 0 unspecified atom stereocenters. The maximum absolute atomic E-state index is 11.5. The van der Waals surface area contributed by atoms with E-state index in [2.05, 4.69) is 11.2 Å². The number of carbonyl (C=O) groups excluding carboxylic acids is 1. The first-order valence-electron chi connectivity index (χ1n) is 5.19. The van der Waals surface area contributed by atoms with Crippen LogP contribution in [0.15, 0.2) is 0 Å². The van der Waals surface area contributed by atoms with E-state index in [1.165, 1.54) is 0 Å². The molecule has 0 aliphatic heterocycles. The van der Waals surface area contributed by atoms with E-state index in [1.807, 2.05) is 0 Å². The Morgan fingerprint density at radius 2 is 2.33 bits per heavy atom. The van der Waals surface area contributed by atoms with Gasteiger partial charge in [0.05, 0.1) is 19.2 Å². The molecule has 4 heteroatoms. The van der Waals surface area contributed by atoms with Gasteiger partial charge in [0.1, 0.15) is 0 Å². The second-order valence-electron chi connectivity index (χ2n) is 4.07. The van der Waals surface area contributed by atoms with Crippen LogP contribution in [0.5, 0.6) is 0 Å². The maximum Gasteiger partial charge on any atom is 0.236 e. The largest absolute Gasteiger partial charge is 0.393 e. The van der Waals surface area contributed by atoms with Crippen molar-refractivity contribution in [3.8, 4) is 12.3 Å². The first-order chi connectivity index (χ1) is 7.13. The molecule has 0 aromatic carbocycles. The van der Waals surface area contributed by atoms with E-state index >= 15 is 0 Å². The van der Waals surface area contributed by atoms with Crippen LogP contribution in [-0.2, 0) is 4.79 Å². The Balaban J connectivity index is 2.13. The van der Waals surface area contributed by atoms with E-state index in [4.69, 9.17) is 11.5 Å². The van der Waals surface area contributed by atoms with Gasteiger partial charge in [-0.15, -0.1) is 6.42 Å². The number of nitrogens with one attached hydrogen (secondary N) is 1. The molecular formula is C11H18N2O2. The third kappa shape index (κ3) is 3.90. The molecule has 2 N–H and O–H groups in total. The number of hydrogen-bond donors (Lipinski definition) is 2. The molecule has 84 valence electrons. The highest BCUT2D eigenvalue weighted by Gasteiger charge is 2.28. The molecule has 0 saturated heterocycles. The summed E-state index contributed by atoms with van der Waals surface area (Å²) < 4.78 is 0. The minimum atomic E-state index is -0.155. The molecule has 1 aliphatic carbocycles. The molecule has 0 atom stereocenters. The van der Waals surface area contributed by atoms with Crippen LogP contribution in [0.4, 0.5) is 0 Å². The van der Waals surface area contributed by atoms with Crippen molar-refractivity contribution in [2.45, 2.75) is 18.9 Å². The summed E-state index contributed by atoms with van der Waals surface area (Å²) in [6.45, 7) is 1.44. The fraction of sp³-hybridized carbons (Fsp3) is 0.727. The zero-order valence-electron chi connectivity index (χ0n) is 9.07. The van der Waals surface area contributed by atoms with Crippen LogP contribution in [0.3, 0.4) is 0 Å². The number of terminal acetylenes is 1. The van der Waals surface area contributed by atoms with Gasteiger partial charge in [0.25, 0.3) is 0 Å². The molecule has 1 aliphatic rings. The fourth-order valence-corrected chi connectivity index (χ4v) is 1.72. The standard InChI is InChI=1S/C11H18N2O2/c1-3-4-12-7-11(15)13(2)8-9-5-10(14)6-9/h1,9-10,12,14H,4-8H2,2H3. The number of hydrogen-bond acceptors (Lipinski definition) is 3. The molecule has 0 aromatic heterocycles. The molecule has 0 bridgehead atoms. The van der Waals surface area contributed by atoms with Gasteiger partial charge in [-0.05, 0) is 18.8 Å². The number of likely N-dealkylation sites (N-methyl/N-ethyl adjacent to an activating group) is 1. The lowest BCUT2D eigenvalue weighted by Crippen LogP contribution is -2.42. The highest BCUT2D eigenvalue weighted by molar-refractivity contribution is 5.78. The van der Waals surface area contributed by atoms with Crippen molar-refractivity contribution >= 4 is 5.91 Å². The quantitative estimate of drug-likeness (QED) is 0.472. The van der Waals surface area contributed by atoms with Crippen LogP contribution in [-0.4, -0.2) is 48.7 Å². The first-order valence-corrected chi connectivity index (χ1v) is 5.19. The molecule has 1 fully saturated rings. The van der Waals surface area contributed by atoms with Gasteiger partial charge in [0.2, 0.25) is 5.91 Å². The summed E-state index contributed by atoms with van der Waals surface area (Å²) in [5.74, 6) is 2.92. The average molecular weight is 210 g/mol. The third-order valence-corrected chi connectivity index (χ3v) is 2.67. The van der Waals surface area contributed by atoms with E-state index in [-0.39, 0.29) is 18.6 Å². The summed E-state index contributed by atoms with van der Waals surface area (Å²) in [6, 6.07) is 0. The maximum atomic E-state index is 11.5. The number of rotatable bonds is 5. The van der Waals surface area contributed by atoms with Crippen LogP contribution < -0.4 is 5.32 Å². The van der Waals surface area contributed by atoms with Gasteiger partial charge in [0.15, 0.2) is 0 Å². The van der Waals surface area contributed by atoms with E-state index in [9.17, 15) is 4.79 Å². The summed E-state index contributed by atoms with van der Waals surface area (Å²) in [7, 11) is 1.78. The fourth-order valence-electron chi connectivity index (χ4n) is 1.72. The molecule has 0 heterocycles. The zero-order valence-corrected chi connectivity index (χ0v) is 9.07. The van der Waals surface area contributed by atoms with Crippen LogP contribution in [0, 0.1) is 18.3 Å². The lowest BCUT2D eigenvalue weighted by atomic mass is 9.82. The number of carbonyl (C=O) groups is 1. The summed E-state index contributed by atoms with van der Waals surface area (Å²) in [4.78, 5) is 13.2. The van der Waals surface area contributed by atoms with Crippen molar-refractivity contribution in [2.75, 3.05) is 26.7 Å². The van der Waals surface area contributed by atoms with Gasteiger partial charge in [-0.3, -0.25) is 10.1 Å². The lowest BCUT2D eigenvalue weighted by Gasteiger charge is -2.34. The van der Waals surface area contributed by atoms with Gasteiger partial charge >= 0.3 is 0 Å². The van der Waals surface area contributed by atoms with Crippen LogP contribution in [0.1, 0.15) is 12.8 Å². The van der Waals surface area contributed by atoms with Gasteiger partial charge < -0.3 is 10.0 Å². The molecule has 0 aromatic rings. The number of nitrogens with zero attached hydrogens (tertiary/aromatic N) is 1. The Labute approximate surface area is 90.6 Å². The van der Waals surface area contributed by atoms with Gasteiger partial charge in [-0.1, -0.05) is 5.92 Å². The van der Waals surface area contributed by atoms with E-state index in [0.29, 0.717) is 12.5 Å². The predicted molar refractivity (Wildman–Crippen MR) is 58.1 cm³/mol. The van der Waals surface area contributed by atoms with Crippen molar-refractivity contribution in [1.29, 1.82) is 0 Å². The van der Waals surface area contributed by atoms with Crippen LogP contribution in [0.25, 0.3) is 0 Å². The van der Waals surface area contributed by atoms with Crippen LogP contribution >= 0.6 is 0 Å². The minimum Gasteiger partial charge on any atom is -0.393 e. The zero-order chi connectivity index (χ0) is 11.3. The molecule has 15 heavy (non-hydrogen) atoms. The van der Waals surface area contributed by atoms with Gasteiger partial charge in [0, 0.05) is 13.6 Å². The summed E-state index contributed by atoms with van der Waals surface area (Å²) in [5, 5.41) is 12.0. The highest BCUT2D eigenvalue weighted by Crippen LogP contribution is 2.27. The summed E-state index contributed by atoms with van der Waals surface area (Å²) >= 11 is 0. The molecular weight excluding hydrogens is 192 g/mol. The Morgan fingerprint density at radius 1 is 1.67 bits per heavy atom. The van der Waals surface area contributed by atoms with Gasteiger partial charge in [-0.2, -0.15) is 0 Å². The monoisotopic (exact) mass is 210 g/mol. The Bertz CT molecular complexity index is 254. The van der Waals surface area contributed by atoms with Gasteiger partial charge in [-0.25, -0.2) is 0 Å². The lowest BCUT2D eigenvalue weighted by molar-refractivity contribution is -0.130. The molecule has 1 amide bonds. The number of amides is 1. The Kier molecular flexibility index (Phi) is 4.60. The van der Waals surface area contributed by atoms with Crippen LogP contribution in [0.2, 0.25) is 0 Å². The van der Waals surface area contributed by atoms with Crippen molar-refractivity contribution in [3.63, 3.8) is 0 Å². The topological polar surface area (TPSA) is 52.6 Å². The van der Waals surface area contributed by atoms with E-state index < -0.39 is 0 Å². The SMILES string of the molecule is C#CCNCC(=O)N(C)CC1CC(O)C1. The average Bonchev–Trinajstić information content (AvgIpc) is 2.15. The van der Waals surface area contributed by atoms with E-state index in [0.717, 1.165) is 19.4 Å². The number of aliphatic hydroxyl groups is 1. The molecule has 1 rings (SSSR count). The van der Waals surface area contributed by atoms with Crippen molar-refractivity contribution in [3.05, 3.63) is 0 Å². The highest BCUT2D eigenvalue weighted by atomic mass is 16.3.